The molecule has 0 aliphatic carbocycles. The summed E-state index contributed by atoms with van der Waals surface area (Å²) in [6, 6.07) is 97.3. The third kappa shape index (κ3) is 10.0. The summed E-state index contributed by atoms with van der Waals surface area (Å²) in [5.74, 6) is 1.06. The fourth-order valence-corrected chi connectivity index (χ4v) is 15.2. The summed E-state index contributed by atoms with van der Waals surface area (Å²) in [6.07, 6.45) is 0. The molecule has 2 aliphatic heterocycles. The Bertz CT molecular complexity index is 5120. The Balaban J connectivity index is 0.000000144. The summed E-state index contributed by atoms with van der Waals surface area (Å²) in [6.45, 7) is 0. The summed E-state index contributed by atoms with van der Waals surface area (Å²) >= 11 is 0. The molecule has 18 rings (SSSR count). The van der Waals surface area contributed by atoms with Crippen LogP contribution >= 0.6 is 15.6 Å². The van der Waals surface area contributed by atoms with Gasteiger partial charge in [-0.3, -0.25) is 0 Å². The van der Waals surface area contributed by atoms with Gasteiger partial charge in [0.2, 0.25) is 0 Å². The van der Waals surface area contributed by atoms with Gasteiger partial charge in [-0.1, -0.05) is 243 Å². The first-order valence-corrected chi connectivity index (χ1v) is 32.6. The van der Waals surface area contributed by atoms with Crippen LogP contribution in [0.3, 0.4) is 0 Å². The molecule has 0 radical (unpaired) electrons. The van der Waals surface area contributed by atoms with Crippen molar-refractivity contribution in [3.05, 3.63) is 291 Å². The van der Waals surface area contributed by atoms with Crippen LogP contribution in [0.4, 0.5) is 0 Å². The standard InChI is InChI=1S/2C40H25O4P.Ca/c2*41-45(42)43-39-35(31-19-17-25-9-1-3-11-27(25)21-31)23-29-13-5-7-15-33(29)37(39)38-34-16-8-6-14-30(34)24-36(40(38)44-45)32-20-18-26-10-2-4-12-28(26)22-32;/h2*1-24H,(H,41,42);/q;;+2/p-2. The van der Waals surface area contributed by atoms with Crippen LogP contribution in [0.5, 0.6) is 23.0 Å². The van der Waals surface area contributed by atoms with Crippen LogP contribution in [0, 0.1) is 0 Å². The van der Waals surface area contributed by atoms with E-state index in [1.165, 1.54) is 0 Å². The van der Waals surface area contributed by atoms with Gasteiger partial charge in [-0.05, 0) is 157 Å². The summed E-state index contributed by atoms with van der Waals surface area (Å²) in [5.41, 5.74) is 8.93. The molecule has 91 heavy (non-hydrogen) atoms. The number of fused-ring (bicyclic) bond motifs is 18. The van der Waals surface area contributed by atoms with Gasteiger partial charge in [0.1, 0.15) is 23.0 Å². The number of rotatable bonds is 4. The zero-order valence-corrected chi connectivity index (χ0v) is 52.6. The van der Waals surface area contributed by atoms with Crippen molar-refractivity contribution in [3.63, 3.8) is 0 Å². The summed E-state index contributed by atoms with van der Waals surface area (Å²) < 4.78 is 51.8. The van der Waals surface area contributed by atoms with Gasteiger partial charge >= 0.3 is 53.4 Å². The molecule has 0 N–H and O–H groups in total. The molecular weight excluding hydrogens is 1190 g/mol. The second kappa shape index (κ2) is 22.4. The monoisotopic (exact) mass is 1240 g/mol. The van der Waals surface area contributed by atoms with E-state index in [-0.39, 0.29) is 60.7 Å². The van der Waals surface area contributed by atoms with E-state index in [4.69, 9.17) is 18.1 Å². The fraction of sp³-hybridized carbons (Fsp3) is 0. The smallest absolute Gasteiger partial charge is 0.736 e. The third-order valence-electron chi connectivity index (χ3n) is 17.6. The van der Waals surface area contributed by atoms with Gasteiger partial charge in [0, 0.05) is 44.5 Å². The minimum absolute atomic E-state index is 0. The van der Waals surface area contributed by atoms with Crippen molar-refractivity contribution in [2.24, 2.45) is 0 Å². The Morgan fingerprint density at radius 3 is 0.626 bits per heavy atom. The van der Waals surface area contributed by atoms with Crippen molar-refractivity contribution in [2.75, 3.05) is 0 Å². The molecule has 2 heterocycles. The molecule has 0 unspecified atom stereocenters. The number of hydrogen-bond donors (Lipinski definition) is 0. The maximum Gasteiger partial charge on any atom is 2.00 e. The molecule has 2 aliphatic rings. The maximum absolute atomic E-state index is 13.8. The first-order chi connectivity index (χ1) is 44.0. The normalized spacial score (nSPS) is 13.5. The number of benzene rings is 16. The van der Waals surface area contributed by atoms with Crippen molar-refractivity contribution in [3.8, 4) is 89.8 Å². The molecule has 0 spiro atoms. The van der Waals surface area contributed by atoms with Gasteiger partial charge in [-0.25, -0.2) is 9.13 Å². The predicted molar refractivity (Wildman–Crippen MR) is 369 cm³/mol. The van der Waals surface area contributed by atoms with Crippen molar-refractivity contribution in [2.45, 2.75) is 0 Å². The van der Waals surface area contributed by atoms with E-state index in [2.05, 4.69) is 121 Å². The first kappa shape index (κ1) is 56.7. The second-order valence-corrected chi connectivity index (χ2v) is 25.4. The zero-order valence-electron chi connectivity index (χ0n) is 48.6. The summed E-state index contributed by atoms with van der Waals surface area (Å²) in [5, 5.41) is 16.0. The van der Waals surface area contributed by atoms with E-state index in [0.717, 1.165) is 108 Å². The topological polar surface area (TPSA) is 117 Å². The van der Waals surface area contributed by atoms with E-state index >= 15 is 0 Å². The van der Waals surface area contributed by atoms with Gasteiger partial charge in [0.05, 0.1) is 0 Å². The average Bonchev–Trinajstić information content (AvgIpc) is 1.68. The van der Waals surface area contributed by atoms with Crippen molar-refractivity contribution < 1.29 is 37.0 Å². The maximum atomic E-state index is 13.8. The first-order valence-electron chi connectivity index (χ1n) is 29.7. The summed E-state index contributed by atoms with van der Waals surface area (Å²) in [4.78, 5) is 27.7. The largest absolute Gasteiger partial charge is 2.00 e. The van der Waals surface area contributed by atoms with Crippen LogP contribution < -0.4 is 27.9 Å². The Morgan fingerprint density at radius 2 is 0.407 bits per heavy atom. The molecule has 0 atom stereocenters. The van der Waals surface area contributed by atoms with Gasteiger partial charge in [0.15, 0.2) is 0 Å². The van der Waals surface area contributed by atoms with Gasteiger partial charge in [-0.15, -0.1) is 0 Å². The molecule has 16 aromatic rings. The minimum Gasteiger partial charge on any atom is -0.736 e. The molecule has 0 saturated carbocycles. The molecule has 0 amide bonds. The Labute approximate surface area is 553 Å². The van der Waals surface area contributed by atoms with E-state index in [0.29, 0.717) is 44.5 Å². The van der Waals surface area contributed by atoms with Crippen LogP contribution in [0.25, 0.3) is 153 Å². The predicted octanol–water partition coefficient (Wildman–Crippen LogP) is 20.7. The molecule has 0 aromatic heterocycles. The second-order valence-electron chi connectivity index (χ2n) is 22.9. The van der Waals surface area contributed by atoms with Crippen LogP contribution in [0.15, 0.2) is 291 Å². The molecule has 16 aromatic carbocycles. The van der Waals surface area contributed by atoms with Crippen LogP contribution in [-0.4, -0.2) is 37.7 Å². The zero-order chi connectivity index (χ0) is 60.2. The SMILES string of the molecule is O=P1([O-])Oc2c(-c3ccc4ccccc4c3)cc3ccccc3c2-c2c(c(-c3ccc4ccccc4c3)cc3ccccc23)O1.O=P1([O-])Oc2c(-c3ccc4ccccc4c3)cc3ccccc3c2-c2c(c(-c3ccc4ccccc4c3)cc3ccccc23)O1.[Ca+2]. The molecule has 0 fully saturated rings. The molecule has 8 nitrogen and oxygen atoms in total. The van der Waals surface area contributed by atoms with Gasteiger partial charge in [0.25, 0.3) is 0 Å². The van der Waals surface area contributed by atoms with E-state index in [1.807, 2.05) is 170 Å². The number of hydrogen-bond acceptors (Lipinski definition) is 8. The van der Waals surface area contributed by atoms with Crippen molar-refractivity contribution in [1.29, 1.82) is 0 Å². The minimum atomic E-state index is -4.89. The number of phosphoric ester groups is 2. The fourth-order valence-electron chi connectivity index (χ4n) is 13.5. The average molecular weight is 1240 g/mol. The molecule has 0 bridgehead atoms. The Hall–Kier alpha value is -9.56. The summed E-state index contributed by atoms with van der Waals surface area (Å²) in [7, 11) is -9.78. The van der Waals surface area contributed by atoms with Crippen LogP contribution in [-0.2, 0) is 9.13 Å². The van der Waals surface area contributed by atoms with Crippen LogP contribution in [0.2, 0.25) is 0 Å². The molecular formula is C80H48CaO8P2. The number of phosphoric acid groups is 2. The molecule has 0 saturated heterocycles. The Morgan fingerprint density at radius 1 is 0.220 bits per heavy atom. The van der Waals surface area contributed by atoms with Crippen LogP contribution in [0.1, 0.15) is 0 Å². The van der Waals surface area contributed by atoms with Crippen molar-refractivity contribution in [1.82, 2.24) is 0 Å². The van der Waals surface area contributed by atoms with Crippen molar-refractivity contribution >= 4 is 140 Å². The Kier molecular flexibility index (Phi) is 14.0. The van der Waals surface area contributed by atoms with Gasteiger partial charge < -0.3 is 27.9 Å². The van der Waals surface area contributed by atoms with E-state index in [9.17, 15) is 18.9 Å². The van der Waals surface area contributed by atoms with E-state index < -0.39 is 15.6 Å². The van der Waals surface area contributed by atoms with Gasteiger partial charge in [-0.2, -0.15) is 0 Å². The molecule has 11 heteroatoms. The quantitative estimate of drug-likeness (QED) is 0.126. The molecule has 428 valence electrons. The van der Waals surface area contributed by atoms with E-state index in [1.54, 1.807) is 0 Å². The third-order valence-corrected chi connectivity index (χ3v) is 19.2.